The standard InChI is InChI=1S/C31H47ClN2O5/c1-4-5-6-7-8-9-10-11-12-13-19-38-20-15-18-33-30(36)25-21-26(32)28-24(29(25)35)16-14-17-27(28)34-31(37)39-22-23(2)3/h14,16-17,21,23,35H,4-13,15,18-20,22H2,1-3H3,(H,33,36)(H,34,37). The van der Waals surface area contributed by atoms with E-state index in [2.05, 4.69) is 17.6 Å². The van der Waals surface area contributed by atoms with Crippen LogP contribution >= 0.6 is 11.6 Å². The topological polar surface area (TPSA) is 96.9 Å². The summed E-state index contributed by atoms with van der Waals surface area (Å²) in [6, 6.07) is 6.41. The molecule has 39 heavy (non-hydrogen) atoms. The zero-order valence-electron chi connectivity index (χ0n) is 24.0. The van der Waals surface area contributed by atoms with Gasteiger partial charge in [0.25, 0.3) is 5.91 Å². The second-order valence-corrected chi connectivity index (χ2v) is 10.9. The Morgan fingerprint density at radius 1 is 0.949 bits per heavy atom. The van der Waals surface area contributed by atoms with Crippen LogP contribution in [-0.2, 0) is 9.47 Å². The molecule has 0 aliphatic rings. The minimum atomic E-state index is -0.607. The van der Waals surface area contributed by atoms with Gasteiger partial charge in [-0.15, -0.1) is 0 Å². The van der Waals surface area contributed by atoms with Gasteiger partial charge in [0.15, 0.2) is 0 Å². The first-order valence-corrected chi connectivity index (χ1v) is 15.0. The number of carbonyl (C=O) groups is 2. The zero-order chi connectivity index (χ0) is 28.5. The molecule has 0 saturated heterocycles. The summed E-state index contributed by atoms with van der Waals surface area (Å²) in [5.74, 6) is -0.405. The van der Waals surface area contributed by atoms with E-state index in [1.165, 1.54) is 63.9 Å². The van der Waals surface area contributed by atoms with E-state index < -0.39 is 12.0 Å². The molecule has 0 radical (unpaired) electrons. The van der Waals surface area contributed by atoms with E-state index in [4.69, 9.17) is 21.1 Å². The summed E-state index contributed by atoms with van der Waals surface area (Å²) in [6.07, 6.45) is 13.0. The maximum Gasteiger partial charge on any atom is 0.411 e. The first-order valence-electron chi connectivity index (χ1n) is 14.6. The molecular formula is C31H47ClN2O5. The highest BCUT2D eigenvalue weighted by molar-refractivity contribution is 6.38. The Morgan fingerprint density at radius 3 is 2.26 bits per heavy atom. The molecule has 8 heteroatoms. The van der Waals surface area contributed by atoms with Gasteiger partial charge in [-0.1, -0.05) is 102 Å². The molecule has 0 unspecified atom stereocenters. The summed E-state index contributed by atoms with van der Waals surface area (Å²) in [7, 11) is 0. The molecule has 0 aliphatic heterocycles. The highest BCUT2D eigenvalue weighted by Crippen LogP contribution is 2.38. The van der Waals surface area contributed by atoms with Crippen LogP contribution in [-0.4, -0.2) is 43.5 Å². The third-order valence-electron chi connectivity index (χ3n) is 6.51. The van der Waals surface area contributed by atoms with Crippen molar-refractivity contribution in [2.24, 2.45) is 5.92 Å². The first-order chi connectivity index (χ1) is 18.8. The van der Waals surface area contributed by atoms with Gasteiger partial charge in [-0.2, -0.15) is 0 Å². The van der Waals surface area contributed by atoms with Gasteiger partial charge >= 0.3 is 6.09 Å². The third-order valence-corrected chi connectivity index (χ3v) is 6.81. The quantitative estimate of drug-likeness (QED) is 0.149. The largest absolute Gasteiger partial charge is 0.506 e. The molecule has 3 N–H and O–H groups in total. The lowest BCUT2D eigenvalue weighted by Crippen LogP contribution is -2.25. The lowest BCUT2D eigenvalue weighted by Gasteiger charge is -2.14. The molecule has 7 nitrogen and oxygen atoms in total. The molecular weight excluding hydrogens is 516 g/mol. The monoisotopic (exact) mass is 562 g/mol. The average molecular weight is 563 g/mol. The van der Waals surface area contributed by atoms with Crippen LogP contribution < -0.4 is 10.6 Å². The Bertz CT molecular complexity index is 1030. The predicted molar refractivity (Wildman–Crippen MR) is 160 cm³/mol. The number of aromatic hydroxyl groups is 1. The maximum atomic E-state index is 12.7. The van der Waals surface area contributed by atoms with E-state index >= 15 is 0 Å². The summed E-state index contributed by atoms with van der Waals surface area (Å²) < 4.78 is 10.9. The van der Waals surface area contributed by atoms with E-state index in [0.717, 1.165) is 13.0 Å². The van der Waals surface area contributed by atoms with E-state index in [1.54, 1.807) is 18.2 Å². The molecule has 2 rings (SSSR count). The number of rotatable bonds is 19. The first kappa shape index (κ1) is 32.7. The Balaban J connectivity index is 1.72. The van der Waals surface area contributed by atoms with Gasteiger partial charge in [0.05, 0.1) is 22.9 Å². The summed E-state index contributed by atoms with van der Waals surface area (Å²) >= 11 is 6.49. The van der Waals surface area contributed by atoms with Gasteiger partial charge < -0.3 is 19.9 Å². The van der Waals surface area contributed by atoms with Crippen molar-refractivity contribution >= 4 is 40.1 Å². The van der Waals surface area contributed by atoms with Gasteiger partial charge in [-0.25, -0.2) is 4.79 Å². The lowest BCUT2D eigenvalue weighted by atomic mass is 10.0. The van der Waals surface area contributed by atoms with E-state index in [-0.39, 0.29) is 28.9 Å². The Hall–Kier alpha value is -2.51. The van der Waals surface area contributed by atoms with Crippen LogP contribution in [0.5, 0.6) is 5.75 Å². The van der Waals surface area contributed by atoms with E-state index in [1.807, 2.05) is 13.8 Å². The van der Waals surface area contributed by atoms with Crippen LogP contribution in [0.1, 0.15) is 102 Å². The molecule has 0 aliphatic carbocycles. The maximum absolute atomic E-state index is 12.7. The van der Waals surface area contributed by atoms with Crippen molar-refractivity contribution < 1.29 is 24.2 Å². The number of anilines is 1. The number of hydrogen-bond acceptors (Lipinski definition) is 5. The summed E-state index contributed by atoms with van der Waals surface area (Å²) in [5, 5.41) is 17.4. The molecule has 0 atom stereocenters. The second-order valence-electron chi connectivity index (χ2n) is 10.5. The molecule has 0 saturated carbocycles. The number of phenolic OH excluding ortho intramolecular Hbond substituents is 1. The molecule has 0 spiro atoms. The molecule has 0 aromatic heterocycles. The van der Waals surface area contributed by atoms with Crippen molar-refractivity contribution in [3.63, 3.8) is 0 Å². The molecule has 0 heterocycles. The fourth-order valence-electron chi connectivity index (χ4n) is 4.35. The second kappa shape index (κ2) is 18.7. The van der Waals surface area contributed by atoms with Gasteiger partial charge in [0.2, 0.25) is 0 Å². The molecule has 2 aromatic carbocycles. The van der Waals surface area contributed by atoms with E-state index in [0.29, 0.717) is 36.0 Å². The van der Waals surface area contributed by atoms with Gasteiger partial charge in [-0.3, -0.25) is 10.1 Å². The number of carbonyl (C=O) groups excluding carboxylic acids is 2. The third kappa shape index (κ3) is 12.0. The summed E-state index contributed by atoms with van der Waals surface area (Å²) in [4.78, 5) is 24.9. The average Bonchev–Trinajstić information content (AvgIpc) is 2.91. The van der Waals surface area contributed by atoms with Crippen molar-refractivity contribution in [2.75, 3.05) is 31.7 Å². The Labute approximate surface area is 239 Å². The number of ether oxygens (including phenoxy) is 2. The highest BCUT2D eigenvalue weighted by Gasteiger charge is 2.19. The predicted octanol–water partition coefficient (Wildman–Crippen LogP) is 8.46. The Morgan fingerprint density at radius 2 is 1.59 bits per heavy atom. The molecule has 218 valence electrons. The van der Waals surface area contributed by atoms with Gasteiger partial charge in [0.1, 0.15) is 5.75 Å². The number of phenols is 1. The minimum Gasteiger partial charge on any atom is -0.506 e. The zero-order valence-corrected chi connectivity index (χ0v) is 24.7. The summed E-state index contributed by atoms with van der Waals surface area (Å²) in [5.41, 5.74) is 0.478. The van der Waals surface area contributed by atoms with Crippen molar-refractivity contribution in [1.29, 1.82) is 0 Å². The van der Waals surface area contributed by atoms with Crippen molar-refractivity contribution in [1.82, 2.24) is 5.32 Å². The SMILES string of the molecule is CCCCCCCCCCCCOCCCNC(=O)c1cc(Cl)c2c(NC(=O)OCC(C)C)cccc2c1O. The summed E-state index contributed by atoms with van der Waals surface area (Å²) in [6.45, 7) is 8.16. The minimum absolute atomic E-state index is 0.0818. The smallest absolute Gasteiger partial charge is 0.411 e. The Kier molecular flexibility index (Phi) is 15.7. The van der Waals surface area contributed by atoms with Gasteiger partial charge in [-0.05, 0) is 30.9 Å². The normalized spacial score (nSPS) is 11.2. The molecule has 0 bridgehead atoms. The fraction of sp³-hybridized carbons (Fsp3) is 0.613. The van der Waals surface area contributed by atoms with E-state index in [9.17, 15) is 14.7 Å². The number of halogens is 1. The van der Waals surface area contributed by atoms with Crippen LogP contribution in [0.3, 0.4) is 0 Å². The lowest BCUT2D eigenvalue weighted by molar-refractivity contribution is 0.0937. The van der Waals surface area contributed by atoms with Crippen molar-refractivity contribution in [2.45, 2.75) is 91.4 Å². The van der Waals surface area contributed by atoms with Crippen molar-refractivity contribution in [3.05, 3.63) is 34.9 Å². The van der Waals surface area contributed by atoms with Crippen LogP contribution in [0.4, 0.5) is 10.5 Å². The number of unbranched alkanes of at least 4 members (excludes halogenated alkanes) is 9. The van der Waals surface area contributed by atoms with Crippen LogP contribution in [0, 0.1) is 5.92 Å². The molecule has 0 fully saturated rings. The van der Waals surface area contributed by atoms with Crippen LogP contribution in [0.15, 0.2) is 24.3 Å². The number of fused-ring (bicyclic) bond motifs is 1. The van der Waals surface area contributed by atoms with Gasteiger partial charge in [0, 0.05) is 30.5 Å². The number of hydrogen-bond donors (Lipinski definition) is 3. The number of nitrogens with one attached hydrogen (secondary N) is 2. The van der Waals surface area contributed by atoms with Crippen molar-refractivity contribution in [3.8, 4) is 5.75 Å². The van der Waals surface area contributed by atoms with Crippen LogP contribution in [0.2, 0.25) is 5.02 Å². The molecule has 2 aromatic rings. The van der Waals surface area contributed by atoms with Crippen LogP contribution in [0.25, 0.3) is 10.8 Å². The molecule has 2 amide bonds. The highest BCUT2D eigenvalue weighted by atomic mass is 35.5. The number of benzene rings is 2. The fourth-order valence-corrected chi connectivity index (χ4v) is 4.66. The number of amides is 2.